The molecule has 2 aromatic rings. The third kappa shape index (κ3) is 3.16. The molecule has 1 amide bonds. The van der Waals surface area contributed by atoms with Crippen molar-refractivity contribution in [2.24, 2.45) is 4.99 Å². The fourth-order valence-corrected chi connectivity index (χ4v) is 3.31. The summed E-state index contributed by atoms with van der Waals surface area (Å²) in [4.78, 5) is 26.0. The zero-order valence-electron chi connectivity index (χ0n) is 15.2. The van der Waals surface area contributed by atoms with E-state index in [1.165, 1.54) is 12.2 Å². The number of aliphatic imine (C=N–C) groups is 1. The molecule has 0 radical (unpaired) electrons. The highest BCUT2D eigenvalue weighted by Crippen LogP contribution is 2.28. The Morgan fingerprint density at radius 3 is 2.93 bits per heavy atom. The van der Waals surface area contributed by atoms with E-state index in [0.29, 0.717) is 12.8 Å². The Morgan fingerprint density at radius 2 is 2.19 bits per heavy atom. The van der Waals surface area contributed by atoms with Gasteiger partial charge >= 0.3 is 0 Å². The molecule has 3 heterocycles. The molecule has 0 saturated carbocycles. The standard InChI is InChI=1S/C20H20FN5O/c1-25(2)17(27)11-26-12-24-18(13-3-5-14(21)6-4-13)19(26)15-7-9-22-20-16(15)8-10-23-20/h3,5-6,8-10,12,23H,4,7,11H2,1-2H3. The highest BCUT2D eigenvalue weighted by molar-refractivity contribution is 5.88. The third-order valence-electron chi connectivity index (χ3n) is 4.76. The lowest BCUT2D eigenvalue weighted by atomic mass is 10.0. The molecular weight excluding hydrogens is 345 g/mol. The van der Waals surface area contributed by atoms with Gasteiger partial charge in [-0.05, 0) is 35.8 Å². The van der Waals surface area contributed by atoms with Crippen LogP contribution in [0.4, 0.5) is 10.2 Å². The Hall–Kier alpha value is -3.22. The van der Waals surface area contributed by atoms with E-state index >= 15 is 0 Å². The highest BCUT2D eigenvalue weighted by atomic mass is 19.1. The second-order valence-corrected chi connectivity index (χ2v) is 6.74. The number of nitrogens with one attached hydrogen (secondary N) is 1. The number of carbonyl (C=O) groups is 1. The number of aromatic nitrogens is 3. The molecule has 138 valence electrons. The Kier molecular flexibility index (Phi) is 4.35. The van der Waals surface area contributed by atoms with Crippen molar-refractivity contribution >= 4 is 29.1 Å². The van der Waals surface area contributed by atoms with Crippen LogP contribution in [-0.4, -0.2) is 45.7 Å². The topological polar surface area (TPSA) is 66.3 Å². The molecule has 4 rings (SSSR count). The molecule has 0 saturated heterocycles. The first-order valence-corrected chi connectivity index (χ1v) is 8.76. The number of hydrogen-bond donors (Lipinski definition) is 1. The van der Waals surface area contributed by atoms with Crippen LogP contribution in [0.1, 0.15) is 18.4 Å². The number of hydrogen-bond acceptors (Lipinski definition) is 3. The number of H-pyrrole nitrogens is 1. The quantitative estimate of drug-likeness (QED) is 0.878. The summed E-state index contributed by atoms with van der Waals surface area (Å²) in [6.07, 6.45) is 11.2. The Labute approximate surface area is 155 Å². The molecule has 1 aliphatic carbocycles. The molecule has 1 aliphatic heterocycles. The lowest BCUT2D eigenvalue weighted by Gasteiger charge is -2.14. The minimum atomic E-state index is -0.243. The molecular formula is C20H20FN5O. The van der Waals surface area contributed by atoms with Gasteiger partial charge < -0.3 is 14.5 Å². The molecule has 0 fully saturated rings. The summed E-state index contributed by atoms with van der Waals surface area (Å²) in [7, 11) is 3.47. The van der Waals surface area contributed by atoms with Crippen LogP contribution in [0, 0.1) is 0 Å². The van der Waals surface area contributed by atoms with Crippen LogP contribution in [0.25, 0.3) is 11.1 Å². The summed E-state index contributed by atoms with van der Waals surface area (Å²) in [6.45, 7) is 0.191. The summed E-state index contributed by atoms with van der Waals surface area (Å²) >= 11 is 0. The van der Waals surface area contributed by atoms with Gasteiger partial charge in [0.05, 0.1) is 17.0 Å². The minimum Gasteiger partial charge on any atom is -0.347 e. The maximum Gasteiger partial charge on any atom is 0.242 e. The van der Waals surface area contributed by atoms with E-state index in [9.17, 15) is 9.18 Å². The molecule has 0 unspecified atom stereocenters. The highest BCUT2D eigenvalue weighted by Gasteiger charge is 2.18. The molecule has 6 nitrogen and oxygen atoms in total. The van der Waals surface area contributed by atoms with Crippen molar-refractivity contribution < 1.29 is 9.18 Å². The second kappa shape index (κ2) is 6.83. The first-order valence-electron chi connectivity index (χ1n) is 8.76. The Morgan fingerprint density at radius 1 is 1.33 bits per heavy atom. The molecule has 7 heteroatoms. The van der Waals surface area contributed by atoms with E-state index in [1.807, 2.05) is 23.0 Å². The number of carbonyl (C=O) groups excluding carboxylic acids is 1. The van der Waals surface area contributed by atoms with E-state index in [-0.39, 0.29) is 18.3 Å². The van der Waals surface area contributed by atoms with Gasteiger partial charge in [-0.25, -0.2) is 14.4 Å². The van der Waals surface area contributed by atoms with E-state index in [1.54, 1.807) is 31.4 Å². The van der Waals surface area contributed by atoms with Crippen molar-refractivity contribution in [2.45, 2.75) is 19.4 Å². The molecule has 0 bridgehead atoms. The molecule has 27 heavy (non-hydrogen) atoms. The van der Waals surface area contributed by atoms with Gasteiger partial charge in [-0.2, -0.15) is 0 Å². The third-order valence-corrected chi connectivity index (χ3v) is 4.76. The lowest BCUT2D eigenvalue weighted by Crippen LogP contribution is -2.38. The van der Waals surface area contributed by atoms with Crippen molar-refractivity contribution in [3.8, 4) is 0 Å². The van der Waals surface area contributed by atoms with Crippen LogP contribution >= 0.6 is 0 Å². The zero-order chi connectivity index (χ0) is 19.0. The number of fused-ring (bicyclic) bond motifs is 1. The number of imidazole rings is 1. The summed E-state index contributed by atoms with van der Waals surface area (Å²) < 4.78 is 15.3. The summed E-state index contributed by atoms with van der Waals surface area (Å²) in [6, 6.07) is 1.98. The number of rotatable bonds is 2. The zero-order valence-corrected chi connectivity index (χ0v) is 15.2. The van der Waals surface area contributed by atoms with E-state index < -0.39 is 0 Å². The van der Waals surface area contributed by atoms with Crippen LogP contribution < -0.4 is 10.7 Å². The molecule has 1 N–H and O–H groups in total. The fraction of sp³-hybridized carbons (Fsp3) is 0.250. The molecule has 0 aromatic carbocycles. The maximum absolute atomic E-state index is 13.4. The molecule has 0 spiro atoms. The number of halogens is 1. The van der Waals surface area contributed by atoms with Gasteiger partial charge in [0.1, 0.15) is 18.2 Å². The number of likely N-dealkylation sites (N-methyl/N-ethyl adjacent to an activating group) is 1. The molecule has 0 atom stereocenters. The minimum absolute atomic E-state index is 0.0188. The van der Waals surface area contributed by atoms with Crippen LogP contribution in [0.5, 0.6) is 0 Å². The van der Waals surface area contributed by atoms with Gasteiger partial charge in [0, 0.05) is 38.5 Å². The summed E-state index contributed by atoms with van der Waals surface area (Å²) in [5.41, 5.74) is 2.98. The monoisotopic (exact) mass is 365 g/mol. The Balaban J connectivity index is 1.99. The first-order chi connectivity index (χ1) is 13.0. The Bertz CT molecular complexity index is 1110. The normalized spacial score (nSPS) is 19.7. The maximum atomic E-state index is 13.4. The SMILES string of the molecule is CN(C)C(=O)Cn1cnc(=C2C=CC(F)=CC2)c1=C1CC=Nc2[nH]ccc21. The summed E-state index contributed by atoms with van der Waals surface area (Å²) in [5.74, 6) is 0.534. The van der Waals surface area contributed by atoms with Crippen LogP contribution in [0.15, 0.2) is 47.6 Å². The van der Waals surface area contributed by atoms with Crippen molar-refractivity contribution in [3.05, 3.63) is 58.9 Å². The number of nitrogens with zero attached hydrogens (tertiary/aromatic N) is 4. The smallest absolute Gasteiger partial charge is 0.242 e. The van der Waals surface area contributed by atoms with Gasteiger partial charge in [0.2, 0.25) is 5.91 Å². The average Bonchev–Trinajstić information content (AvgIpc) is 3.29. The van der Waals surface area contributed by atoms with Crippen molar-refractivity contribution in [1.82, 2.24) is 19.4 Å². The molecule has 2 aliphatic rings. The second-order valence-electron chi connectivity index (χ2n) is 6.74. The summed E-state index contributed by atoms with van der Waals surface area (Å²) in [5, 5.41) is 1.66. The van der Waals surface area contributed by atoms with Crippen LogP contribution in [-0.2, 0) is 11.3 Å². The first kappa shape index (κ1) is 17.2. The van der Waals surface area contributed by atoms with Crippen molar-refractivity contribution in [3.63, 3.8) is 0 Å². The van der Waals surface area contributed by atoms with E-state index in [4.69, 9.17) is 0 Å². The average molecular weight is 365 g/mol. The largest absolute Gasteiger partial charge is 0.347 e. The van der Waals surface area contributed by atoms with Gasteiger partial charge in [-0.3, -0.25) is 4.79 Å². The number of aromatic amines is 1. The van der Waals surface area contributed by atoms with Gasteiger partial charge in [0.15, 0.2) is 0 Å². The van der Waals surface area contributed by atoms with Crippen molar-refractivity contribution in [1.29, 1.82) is 0 Å². The molecule has 2 aromatic heterocycles. The number of amides is 1. The van der Waals surface area contributed by atoms with Crippen LogP contribution in [0.3, 0.4) is 0 Å². The van der Waals surface area contributed by atoms with Gasteiger partial charge in [-0.1, -0.05) is 6.08 Å². The van der Waals surface area contributed by atoms with Crippen molar-refractivity contribution in [2.75, 3.05) is 14.1 Å². The lowest BCUT2D eigenvalue weighted by molar-refractivity contribution is -0.129. The van der Waals surface area contributed by atoms with Gasteiger partial charge in [0.25, 0.3) is 0 Å². The van der Waals surface area contributed by atoms with E-state index in [2.05, 4.69) is 15.0 Å². The van der Waals surface area contributed by atoms with E-state index in [0.717, 1.165) is 33.2 Å². The van der Waals surface area contributed by atoms with Crippen LogP contribution in [0.2, 0.25) is 0 Å². The number of allylic oxidation sites excluding steroid dienone is 4. The predicted octanol–water partition coefficient (Wildman–Crippen LogP) is 1.57. The predicted molar refractivity (Wildman–Crippen MR) is 103 cm³/mol. The van der Waals surface area contributed by atoms with Gasteiger partial charge in [-0.15, -0.1) is 0 Å². The fourth-order valence-electron chi connectivity index (χ4n) is 3.31.